The number of nitrogens with two attached hydrogens (primary N) is 1. The smallest absolute Gasteiger partial charge is 0.258 e. The van der Waals surface area contributed by atoms with Crippen LogP contribution in [0.5, 0.6) is 0 Å². The first-order valence-corrected chi connectivity index (χ1v) is 6.69. The number of aromatic nitrogens is 6. The molecule has 2 aromatic heterocycles. The molecule has 5 N–H and O–H groups in total. The van der Waals surface area contributed by atoms with E-state index in [9.17, 15) is 0 Å². The zero-order valence-electron chi connectivity index (χ0n) is 11.8. The predicted molar refractivity (Wildman–Crippen MR) is 76.5 cm³/mol. The quantitative estimate of drug-likeness (QED) is 0.376. The minimum atomic E-state index is 0.164. The van der Waals surface area contributed by atoms with Gasteiger partial charge in [0.2, 0.25) is 11.9 Å². The van der Waals surface area contributed by atoms with Crippen molar-refractivity contribution in [1.82, 2.24) is 29.7 Å². The maximum atomic E-state index is 9.00. The van der Waals surface area contributed by atoms with Gasteiger partial charge in [-0.25, -0.2) is 10.8 Å². The predicted octanol–water partition coefficient (Wildman–Crippen LogP) is -0.442. The van der Waals surface area contributed by atoms with Crippen LogP contribution in [0.25, 0.3) is 5.95 Å². The van der Waals surface area contributed by atoms with E-state index >= 15 is 0 Å². The highest BCUT2D eigenvalue weighted by Gasteiger charge is 2.10. The fraction of sp³-hybridized carbons (Fsp3) is 0.545. The van der Waals surface area contributed by atoms with E-state index in [-0.39, 0.29) is 12.6 Å². The van der Waals surface area contributed by atoms with Crippen molar-refractivity contribution in [3.8, 4) is 5.95 Å². The third-order valence-electron chi connectivity index (χ3n) is 3.04. The van der Waals surface area contributed by atoms with Gasteiger partial charge in [0.15, 0.2) is 0 Å². The molecule has 0 aliphatic rings. The van der Waals surface area contributed by atoms with Crippen LogP contribution in [0.1, 0.15) is 19.8 Å². The van der Waals surface area contributed by atoms with Crippen LogP contribution in [0.4, 0.5) is 11.9 Å². The summed E-state index contributed by atoms with van der Waals surface area (Å²) in [6.07, 6.45) is 4.56. The van der Waals surface area contributed by atoms with Crippen molar-refractivity contribution in [3.05, 3.63) is 12.7 Å². The van der Waals surface area contributed by atoms with Crippen molar-refractivity contribution in [2.75, 3.05) is 23.9 Å². The summed E-state index contributed by atoms with van der Waals surface area (Å²) >= 11 is 0. The third kappa shape index (κ3) is 4.07. The van der Waals surface area contributed by atoms with E-state index in [1.807, 2.05) is 0 Å². The van der Waals surface area contributed by atoms with E-state index in [0.717, 1.165) is 12.8 Å². The van der Waals surface area contributed by atoms with Crippen LogP contribution in [-0.2, 0) is 0 Å². The lowest BCUT2D eigenvalue weighted by Crippen LogP contribution is -2.19. The topological polar surface area (TPSA) is 140 Å². The molecule has 0 aromatic carbocycles. The lowest BCUT2D eigenvalue weighted by molar-refractivity contribution is 0.258. The summed E-state index contributed by atoms with van der Waals surface area (Å²) in [4.78, 5) is 16.3. The number of hydrogen-bond donors (Lipinski definition) is 4. The molecule has 2 aromatic rings. The summed E-state index contributed by atoms with van der Waals surface area (Å²) in [6.45, 7) is 2.89. The van der Waals surface area contributed by atoms with Gasteiger partial charge in [-0.15, -0.1) is 0 Å². The van der Waals surface area contributed by atoms with Gasteiger partial charge in [0.1, 0.15) is 12.7 Å². The molecule has 0 aliphatic heterocycles. The third-order valence-corrected chi connectivity index (χ3v) is 3.04. The molecule has 1 unspecified atom stereocenters. The average molecular weight is 293 g/mol. The molecular weight excluding hydrogens is 274 g/mol. The van der Waals surface area contributed by atoms with E-state index in [1.165, 1.54) is 17.3 Å². The molecule has 0 aliphatic carbocycles. The van der Waals surface area contributed by atoms with Crippen LogP contribution in [0.2, 0.25) is 0 Å². The first-order chi connectivity index (χ1) is 10.3. The highest BCUT2D eigenvalue weighted by Crippen LogP contribution is 2.11. The van der Waals surface area contributed by atoms with Crippen LogP contribution in [0.3, 0.4) is 0 Å². The molecule has 0 bridgehead atoms. The Hall–Kier alpha value is -2.33. The number of nitrogen functional groups attached to an aromatic ring is 1. The molecule has 1 atom stereocenters. The lowest BCUT2D eigenvalue weighted by Gasteiger charge is -2.14. The van der Waals surface area contributed by atoms with Crippen LogP contribution in [0.15, 0.2) is 12.7 Å². The van der Waals surface area contributed by atoms with Crippen molar-refractivity contribution in [2.24, 2.45) is 11.8 Å². The highest BCUT2D eigenvalue weighted by molar-refractivity contribution is 5.36. The van der Waals surface area contributed by atoms with Gasteiger partial charge in [-0.2, -0.15) is 24.7 Å². The van der Waals surface area contributed by atoms with E-state index in [1.54, 1.807) is 0 Å². The molecule has 0 spiro atoms. The average Bonchev–Trinajstić information content (AvgIpc) is 3.05. The van der Waals surface area contributed by atoms with Gasteiger partial charge in [-0.1, -0.05) is 13.3 Å². The fourth-order valence-corrected chi connectivity index (χ4v) is 1.79. The monoisotopic (exact) mass is 293 g/mol. The Morgan fingerprint density at radius 2 is 2.14 bits per heavy atom. The van der Waals surface area contributed by atoms with Crippen LogP contribution >= 0.6 is 0 Å². The first-order valence-electron chi connectivity index (χ1n) is 6.69. The van der Waals surface area contributed by atoms with E-state index in [2.05, 4.69) is 42.7 Å². The maximum Gasteiger partial charge on any atom is 0.258 e. The van der Waals surface area contributed by atoms with Gasteiger partial charge in [-0.3, -0.25) is 5.43 Å². The molecule has 0 fully saturated rings. The van der Waals surface area contributed by atoms with Gasteiger partial charge in [0, 0.05) is 13.2 Å². The summed E-state index contributed by atoms with van der Waals surface area (Å²) in [5.74, 6) is 6.64. The van der Waals surface area contributed by atoms with Gasteiger partial charge in [0.05, 0.1) is 0 Å². The fourth-order valence-electron chi connectivity index (χ4n) is 1.79. The Bertz CT molecular complexity index is 545. The SMILES string of the molecule is CCC(CCO)CNc1nc(NN)nc(-n2cncn2)n1. The number of nitrogens with zero attached hydrogens (tertiary/aromatic N) is 6. The number of rotatable bonds is 8. The number of aliphatic hydroxyl groups excluding tert-OH is 1. The summed E-state index contributed by atoms with van der Waals surface area (Å²) in [5, 5.41) is 16.1. The van der Waals surface area contributed by atoms with Crippen molar-refractivity contribution >= 4 is 11.9 Å². The Balaban J connectivity index is 2.13. The second-order valence-corrected chi connectivity index (χ2v) is 4.43. The summed E-state index contributed by atoms with van der Waals surface area (Å²) in [6, 6.07) is 0. The minimum absolute atomic E-state index is 0.164. The van der Waals surface area contributed by atoms with E-state index < -0.39 is 0 Å². The lowest BCUT2D eigenvalue weighted by atomic mass is 10.0. The zero-order valence-corrected chi connectivity index (χ0v) is 11.8. The maximum absolute atomic E-state index is 9.00. The van der Waals surface area contributed by atoms with Gasteiger partial charge < -0.3 is 10.4 Å². The Morgan fingerprint density at radius 1 is 1.33 bits per heavy atom. The standard InChI is InChI=1S/C11H19N9O/c1-2-8(3-4-21)5-14-9-16-10(19-12)18-11(17-9)20-7-13-6-15-20/h6-8,21H,2-5,12H2,1H3,(H2,14,16,17,18,19). The van der Waals surface area contributed by atoms with Crippen LogP contribution in [0, 0.1) is 5.92 Å². The van der Waals surface area contributed by atoms with Crippen molar-refractivity contribution in [1.29, 1.82) is 0 Å². The van der Waals surface area contributed by atoms with Crippen molar-refractivity contribution < 1.29 is 5.11 Å². The normalized spacial score (nSPS) is 12.1. The molecule has 10 heteroatoms. The van der Waals surface area contributed by atoms with E-state index in [4.69, 9.17) is 10.9 Å². The minimum Gasteiger partial charge on any atom is -0.396 e. The molecule has 2 heterocycles. The first kappa shape index (κ1) is 15.1. The highest BCUT2D eigenvalue weighted by atomic mass is 16.3. The zero-order chi connectivity index (χ0) is 15.1. The second kappa shape index (κ2) is 7.45. The number of hydrogen-bond acceptors (Lipinski definition) is 9. The molecule has 2 rings (SSSR count). The summed E-state index contributed by atoms with van der Waals surface area (Å²) < 4.78 is 1.42. The van der Waals surface area contributed by atoms with Crippen LogP contribution < -0.4 is 16.6 Å². The van der Waals surface area contributed by atoms with Crippen molar-refractivity contribution in [3.63, 3.8) is 0 Å². The number of anilines is 2. The van der Waals surface area contributed by atoms with Crippen molar-refractivity contribution in [2.45, 2.75) is 19.8 Å². The number of hydrazine groups is 1. The van der Waals surface area contributed by atoms with Crippen LogP contribution in [-0.4, -0.2) is 48.0 Å². The number of nitrogens with one attached hydrogen (secondary N) is 2. The summed E-state index contributed by atoms with van der Waals surface area (Å²) in [7, 11) is 0. The molecule has 0 amide bonds. The molecule has 0 saturated heterocycles. The molecule has 114 valence electrons. The molecule has 0 radical (unpaired) electrons. The number of aliphatic hydroxyl groups is 1. The van der Waals surface area contributed by atoms with E-state index in [0.29, 0.717) is 24.4 Å². The summed E-state index contributed by atoms with van der Waals surface area (Å²) in [5.41, 5.74) is 2.39. The second-order valence-electron chi connectivity index (χ2n) is 4.43. The van der Waals surface area contributed by atoms with Gasteiger partial charge in [-0.05, 0) is 12.3 Å². The molecular formula is C11H19N9O. The molecule has 0 saturated carbocycles. The molecule has 10 nitrogen and oxygen atoms in total. The Morgan fingerprint density at radius 3 is 2.76 bits per heavy atom. The Labute approximate surface area is 121 Å². The molecule has 21 heavy (non-hydrogen) atoms. The largest absolute Gasteiger partial charge is 0.396 e. The van der Waals surface area contributed by atoms with Gasteiger partial charge >= 0.3 is 0 Å². The Kier molecular flexibility index (Phi) is 5.35. The van der Waals surface area contributed by atoms with Gasteiger partial charge in [0.25, 0.3) is 5.95 Å².